The lowest BCUT2D eigenvalue weighted by Gasteiger charge is -2.09. The highest BCUT2D eigenvalue weighted by Gasteiger charge is 2.20. The molecule has 2 rings (SSSR count). The fraction of sp³-hybridized carbons (Fsp3) is 0.0833. The van der Waals surface area contributed by atoms with Gasteiger partial charge in [-0.05, 0) is 12.1 Å². The number of nitrogens with zero attached hydrogens (tertiary/aromatic N) is 2. The highest BCUT2D eigenvalue weighted by Crippen LogP contribution is 2.40. The van der Waals surface area contributed by atoms with Crippen LogP contribution in [0, 0.1) is 10.1 Å². The molecule has 1 heterocycles. The van der Waals surface area contributed by atoms with Crippen molar-refractivity contribution in [3.63, 3.8) is 0 Å². The van der Waals surface area contributed by atoms with Crippen molar-refractivity contribution in [1.29, 1.82) is 0 Å². The lowest BCUT2D eigenvalue weighted by atomic mass is 10.1. The van der Waals surface area contributed by atoms with Crippen molar-refractivity contribution in [1.82, 2.24) is 4.98 Å². The molecular weight excluding hydrogens is 327 g/mol. The number of ether oxygens (including phenoxy) is 1. The van der Waals surface area contributed by atoms with Gasteiger partial charge in [-0.15, -0.1) is 0 Å². The first-order valence-electron chi connectivity index (χ1n) is 5.28. The molecule has 5 nitrogen and oxygen atoms in total. The number of pyridine rings is 1. The Labute approximate surface area is 129 Å². The Morgan fingerprint density at radius 3 is 2.50 bits per heavy atom. The van der Waals surface area contributed by atoms with Crippen LogP contribution in [0.2, 0.25) is 15.1 Å². The third-order valence-electron chi connectivity index (χ3n) is 2.55. The van der Waals surface area contributed by atoms with E-state index in [1.807, 2.05) is 0 Å². The molecular formula is C12H7Cl3N2O3. The number of halogens is 3. The topological polar surface area (TPSA) is 65.3 Å². The third kappa shape index (κ3) is 2.65. The lowest BCUT2D eigenvalue weighted by molar-refractivity contribution is -0.386. The molecule has 1 aromatic heterocycles. The van der Waals surface area contributed by atoms with E-state index in [0.717, 1.165) is 0 Å². The minimum Gasteiger partial charge on any atom is -0.476 e. The first-order chi connectivity index (χ1) is 9.45. The van der Waals surface area contributed by atoms with Gasteiger partial charge in [-0.1, -0.05) is 34.8 Å². The molecule has 2 aromatic rings. The zero-order chi connectivity index (χ0) is 14.9. The molecule has 0 aliphatic rings. The second-order valence-electron chi connectivity index (χ2n) is 3.73. The number of benzene rings is 1. The van der Waals surface area contributed by atoms with Crippen LogP contribution in [0.4, 0.5) is 5.69 Å². The van der Waals surface area contributed by atoms with Crippen molar-refractivity contribution in [3.05, 3.63) is 49.6 Å². The number of rotatable bonds is 3. The first-order valence-corrected chi connectivity index (χ1v) is 6.41. The van der Waals surface area contributed by atoms with E-state index in [-0.39, 0.29) is 16.6 Å². The fourth-order valence-corrected chi connectivity index (χ4v) is 2.40. The molecule has 0 amide bonds. The summed E-state index contributed by atoms with van der Waals surface area (Å²) in [5.41, 5.74) is 0.492. The van der Waals surface area contributed by atoms with Crippen molar-refractivity contribution >= 4 is 40.5 Å². The normalized spacial score (nSPS) is 10.4. The predicted octanol–water partition coefficient (Wildman–Crippen LogP) is 4.63. The van der Waals surface area contributed by atoms with Gasteiger partial charge in [0.15, 0.2) is 0 Å². The first kappa shape index (κ1) is 14.8. The molecule has 20 heavy (non-hydrogen) atoms. The fourth-order valence-electron chi connectivity index (χ4n) is 1.66. The summed E-state index contributed by atoms with van der Waals surface area (Å²) in [7, 11) is 1.30. The van der Waals surface area contributed by atoms with Crippen molar-refractivity contribution in [3.8, 4) is 17.0 Å². The molecule has 0 aliphatic carbocycles. The largest absolute Gasteiger partial charge is 0.476 e. The summed E-state index contributed by atoms with van der Waals surface area (Å²) >= 11 is 18.1. The smallest absolute Gasteiger partial charge is 0.331 e. The van der Waals surface area contributed by atoms with Gasteiger partial charge < -0.3 is 4.74 Å². The third-order valence-corrected chi connectivity index (χ3v) is 3.67. The molecule has 0 saturated heterocycles. The van der Waals surface area contributed by atoms with E-state index in [0.29, 0.717) is 21.2 Å². The summed E-state index contributed by atoms with van der Waals surface area (Å²) in [6.07, 6.45) is 1.38. The summed E-state index contributed by atoms with van der Waals surface area (Å²) in [6.45, 7) is 0. The maximum atomic E-state index is 11.0. The van der Waals surface area contributed by atoms with Crippen LogP contribution >= 0.6 is 34.8 Å². The van der Waals surface area contributed by atoms with Crippen molar-refractivity contribution in [2.75, 3.05) is 7.11 Å². The Hall–Kier alpha value is -1.56. The van der Waals surface area contributed by atoms with Crippen molar-refractivity contribution < 1.29 is 9.66 Å². The Balaban J connectivity index is 2.68. The zero-order valence-electron chi connectivity index (χ0n) is 10.1. The predicted molar refractivity (Wildman–Crippen MR) is 77.9 cm³/mol. The Morgan fingerprint density at radius 1 is 1.25 bits per heavy atom. The summed E-state index contributed by atoms with van der Waals surface area (Å²) in [4.78, 5) is 14.3. The van der Waals surface area contributed by atoms with Crippen LogP contribution in [0.25, 0.3) is 11.1 Å². The van der Waals surface area contributed by atoms with Crippen LogP contribution in [0.1, 0.15) is 0 Å². The molecule has 0 bridgehead atoms. The van der Waals surface area contributed by atoms with E-state index in [4.69, 9.17) is 39.5 Å². The standard InChI is InChI=1S/C12H7Cl3N2O3/c1-20-12-9(17(18)19)4-6(5-16-12)10-7(13)2-3-8(14)11(10)15/h2-5H,1H3. The van der Waals surface area contributed by atoms with Crippen LogP contribution in [0.3, 0.4) is 0 Å². The summed E-state index contributed by atoms with van der Waals surface area (Å²) < 4.78 is 4.84. The van der Waals surface area contributed by atoms with Gasteiger partial charge in [0, 0.05) is 23.4 Å². The van der Waals surface area contributed by atoms with Crippen LogP contribution in [0.15, 0.2) is 24.4 Å². The maximum Gasteiger partial charge on any atom is 0.331 e. The van der Waals surface area contributed by atoms with E-state index in [9.17, 15) is 10.1 Å². The zero-order valence-corrected chi connectivity index (χ0v) is 12.3. The minimum atomic E-state index is -0.596. The molecule has 0 atom stereocenters. The molecule has 0 unspecified atom stereocenters. The summed E-state index contributed by atoms with van der Waals surface area (Å²) in [5, 5.41) is 11.8. The lowest BCUT2D eigenvalue weighted by Crippen LogP contribution is -1.97. The molecule has 0 spiro atoms. The number of hydrogen-bond donors (Lipinski definition) is 0. The maximum absolute atomic E-state index is 11.0. The molecule has 0 radical (unpaired) electrons. The number of nitro groups is 1. The molecule has 0 N–H and O–H groups in total. The van der Waals surface area contributed by atoms with Gasteiger partial charge in [0.25, 0.3) is 5.88 Å². The van der Waals surface area contributed by atoms with Crippen LogP contribution in [0.5, 0.6) is 5.88 Å². The van der Waals surface area contributed by atoms with Gasteiger partial charge in [-0.25, -0.2) is 4.98 Å². The molecule has 0 fully saturated rings. The second kappa shape index (κ2) is 5.83. The molecule has 1 aromatic carbocycles. The van der Waals surface area contributed by atoms with E-state index in [2.05, 4.69) is 4.98 Å². The van der Waals surface area contributed by atoms with Gasteiger partial charge in [-0.2, -0.15) is 0 Å². The van der Waals surface area contributed by atoms with Gasteiger partial charge in [0.1, 0.15) is 0 Å². The van der Waals surface area contributed by atoms with Gasteiger partial charge >= 0.3 is 5.69 Å². The molecule has 104 valence electrons. The van der Waals surface area contributed by atoms with Gasteiger partial charge in [0.2, 0.25) is 0 Å². The molecule has 8 heteroatoms. The van der Waals surface area contributed by atoms with Crippen LogP contribution < -0.4 is 4.74 Å². The van der Waals surface area contributed by atoms with E-state index >= 15 is 0 Å². The minimum absolute atomic E-state index is 0.0898. The van der Waals surface area contributed by atoms with Crippen LogP contribution in [-0.4, -0.2) is 17.0 Å². The quantitative estimate of drug-likeness (QED) is 0.467. The molecule has 0 aliphatic heterocycles. The van der Waals surface area contributed by atoms with E-state index in [1.165, 1.54) is 19.4 Å². The van der Waals surface area contributed by atoms with E-state index in [1.54, 1.807) is 12.1 Å². The average molecular weight is 334 g/mol. The second-order valence-corrected chi connectivity index (χ2v) is 4.92. The van der Waals surface area contributed by atoms with Crippen LogP contribution in [-0.2, 0) is 0 Å². The Morgan fingerprint density at radius 2 is 1.90 bits per heavy atom. The number of hydrogen-bond acceptors (Lipinski definition) is 4. The average Bonchev–Trinajstić information content (AvgIpc) is 2.43. The SMILES string of the molecule is COc1ncc(-c2c(Cl)ccc(Cl)c2Cl)cc1[N+](=O)[O-]. The Kier molecular flexibility index (Phi) is 4.32. The summed E-state index contributed by atoms with van der Waals surface area (Å²) in [5.74, 6) is -0.0898. The highest BCUT2D eigenvalue weighted by atomic mass is 35.5. The monoisotopic (exact) mass is 332 g/mol. The van der Waals surface area contributed by atoms with Crippen molar-refractivity contribution in [2.24, 2.45) is 0 Å². The van der Waals surface area contributed by atoms with Crippen molar-refractivity contribution in [2.45, 2.75) is 0 Å². The van der Waals surface area contributed by atoms with Gasteiger partial charge in [-0.3, -0.25) is 10.1 Å². The van der Waals surface area contributed by atoms with E-state index < -0.39 is 4.92 Å². The number of aromatic nitrogens is 1. The van der Waals surface area contributed by atoms with Gasteiger partial charge in [0.05, 0.1) is 27.1 Å². The Bertz CT molecular complexity index is 692. The highest BCUT2D eigenvalue weighted by molar-refractivity contribution is 6.46. The summed E-state index contributed by atoms with van der Waals surface area (Å²) in [6, 6.07) is 4.39. The molecule has 0 saturated carbocycles. The number of methoxy groups -OCH3 is 1.